The van der Waals surface area contributed by atoms with Gasteiger partial charge in [0, 0.05) is 0 Å². The number of nitrogens with one attached hydrogen (secondary N) is 1. The van der Waals surface area contributed by atoms with Crippen LogP contribution >= 0.6 is 0 Å². The zero-order chi connectivity index (χ0) is 19.7. The molecule has 1 N–H and O–H groups in total. The molecule has 0 aliphatic heterocycles. The minimum absolute atomic E-state index is 0.761. The van der Waals surface area contributed by atoms with Crippen LogP contribution in [0.4, 0.5) is 0 Å². The Hall–Kier alpha value is -1.60. The van der Waals surface area contributed by atoms with E-state index in [0.717, 1.165) is 5.92 Å². The first-order valence-corrected chi connectivity index (χ1v) is 11.6. The van der Waals surface area contributed by atoms with Gasteiger partial charge in [0.15, 0.2) is 0 Å². The van der Waals surface area contributed by atoms with Crippen molar-refractivity contribution < 1.29 is 0 Å². The van der Waals surface area contributed by atoms with Gasteiger partial charge in [0.05, 0.1) is 0 Å². The van der Waals surface area contributed by atoms with Gasteiger partial charge >= 0.3 is 0 Å². The summed E-state index contributed by atoms with van der Waals surface area (Å²) in [7, 11) is 2.05. The van der Waals surface area contributed by atoms with Gasteiger partial charge < -0.3 is 5.32 Å². The topological polar surface area (TPSA) is 12.0 Å². The van der Waals surface area contributed by atoms with E-state index in [4.69, 9.17) is 0 Å². The second-order valence-electron chi connectivity index (χ2n) is 8.32. The van der Waals surface area contributed by atoms with E-state index in [0.29, 0.717) is 0 Å². The molecule has 28 heavy (non-hydrogen) atoms. The van der Waals surface area contributed by atoms with E-state index in [1.54, 1.807) is 0 Å². The van der Waals surface area contributed by atoms with E-state index in [1.165, 1.54) is 94.7 Å². The molecule has 0 aliphatic rings. The third kappa shape index (κ3) is 10.7. The molecule has 0 atom stereocenters. The van der Waals surface area contributed by atoms with Crippen molar-refractivity contribution >= 4 is 0 Å². The molecule has 0 spiro atoms. The SMILES string of the molecule is CNCCCCCCCCCCCC(Cc1ccccc1)Cc1ccccc1. The van der Waals surface area contributed by atoms with E-state index in [9.17, 15) is 0 Å². The number of hydrogen-bond donors (Lipinski definition) is 1. The summed E-state index contributed by atoms with van der Waals surface area (Å²) in [4.78, 5) is 0. The van der Waals surface area contributed by atoms with Crippen LogP contribution < -0.4 is 5.32 Å². The van der Waals surface area contributed by atoms with E-state index in [1.807, 2.05) is 7.05 Å². The second-order valence-corrected chi connectivity index (χ2v) is 8.32. The molecule has 0 saturated carbocycles. The lowest BCUT2D eigenvalue weighted by atomic mass is 9.88. The van der Waals surface area contributed by atoms with Crippen LogP contribution in [0.3, 0.4) is 0 Å². The molecule has 0 heterocycles. The van der Waals surface area contributed by atoms with Crippen molar-refractivity contribution in [2.45, 2.75) is 77.0 Å². The summed E-state index contributed by atoms with van der Waals surface area (Å²) in [6.07, 6.45) is 16.4. The Labute approximate surface area is 174 Å². The minimum Gasteiger partial charge on any atom is -0.320 e. The van der Waals surface area contributed by atoms with Crippen LogP contribution in [-0.4, -0.2) is 13.6 Å². The zero-order valence-corrected chi connectivity index (χ0v) is 18.0. The third-order valence-electron chi connectivity index (χ3n) is 5.77. The van der Waals surface area contributed by atoms with Crippen molar-refractivity contribution in [3.8, 4) is 0 Å². The molecule has 2 aromatic carbocycles. The minimum atomic E-state index is 0.761. The molecule has 1 nitrogen and oxygen atoms in total. The lowest BCUT2D eigenvalue weighted by Gasteiger charge is -2.17. The van der Waals surface area contributed by atoms with Gasteiger partial charge in [0.1, 0.15) is 0 Å². The van der Waals surface area contributed by atoms with Gasteiger partial charge in [-0.05, 0) is 56.3 Å². The summed E-state index contributed by atoms with van der Waals surface area (Å²) >= 11 is 0. The monoisotopic (exact) mass is 379 g/mol. The lowest BCUT2D eigenvalue weighted by molar-refractivity contribution is 0.444. The lowest BCUT2D eigenvalue weighted by Crippen LogP contribution is -2.08. The predicted molar refractivity (Wildman–Crippen MR) is 124 cm³/mol. The summed E-state index contributed by atoms with van der Waals surface area (Å²) < 4.78 is 0. The zero-order valence-electron chi connectivity index (χ0n) is 18.0. The Kier molecular flexibility index (Phi) is 12.4. The molecule has 0 amide bonds. The maximum Gasteiger partial charge on any atom is -0.00519 e. The Morgan fingerprint density at radius 1 is 0.571 bits per heavy atom. The molecule has 154 valence electrons. The smallest absolute Gasteiger partial charge is 0.00519 e. The molecule has 2 aromatic rings. The molecule has 1 heteroatoms. The van der Waals surface area contributed by atoms with Crippen molar-refractivity contribution in [3.05, 3.63) is 71.8 Å². The van der Waals surface area contributed by atoms with Gasteiger partial charge in [-0.3, -0.25) is 0 Å². The predicted octanol–water partition coefficient (Wildman–Crippen LogP) is 7.21. The normalized spacial score (nSPS) is 11.2. The van der Waals surface area contributed by atoms with E-state index in [2.05, 4.69) is 66.0 Å². The largest absolute Gasteiger partial charge is 0.320 e. The van der Waals surface area contributed by atoms with Gasteiger partial charge in [-0.25, -0.2) is 0 Å². The average molecular weight is 380 g/mol. The van der Waals surface area contributed by atoms with Crippen molar-refractivity contribution in [1.82, 2.24) is 5.32 Å². The fourth-order valence-corrected chi connectivity index (χ4v) is 4.14. The highest BCUT2D eigenvalue weighted by atomic mass is 14.8. The summed E-state index contributed by atoms with van der Waals surface area (Å²) in [5.41, 5.74) is 2.98. The van der Waals surface area contributed by atoms with Crippen molar-refractivity contribution in [2.24, 2.45) is 5.92 Å². The molecular formula is C27H41N. The molecule has 0 fully saturated rings. The standard InChI is InChI=1S/C27H41N/c1-28-22-16-8-6-4-2-3-5-7-11-21-27(23-25-17-12-9-13-18-25)24-26-19-14-10-15-20-26/h9-10,12-15,17-20,27-28H,2-8,11,16,21-24H2,1H3. The van der Waals surface area contributed by atoms with Crippen LogP contribution in [0, 0.1) is 5.92 Å². The summed E-state index contributed by atoms with van der Waals surface area (Å²) in [5, 5.41) is 3.23. The first kappa shape index (κ1) is 22.7. The summed E-state index contributed by atoms with van der Waals surface area (Å²) in [6.45, 7) is 1.17. The van der Waals surface area contributed by atoms with Crippen molar-refractivity contribution in [1.29, 1.82) is 0 Å². The molecule has 0 unspecified atom stereocenters. The highest BCUT2D eigenvalue weighted by molar-refractivity contribution is 5.18. The van der Waals surface area contributed by atoms with Crippen LogP contribution in [0.1, 0.15) is 75.3 Å². The molecule has 0 aromatic heterocycles. The Bertz CT molecular complexity index is 536. The van der Waals surface area contributed by atoms with Gasteiger partial charge in [0.2, 0.25) is 0 Å². The van der Waals surface area contributed by atoms with Crippen molar-refractivity contribution in [3.63, 3.8) is 0 Å². The maximum absolute atomic E-state index is 3.23. The number of benzene rings is 2. The Morgan fingerprint density at radius 2 is 1.00 bits per heavy atom. The molecular weight excluding hydrogens is 338 g/mol. The molecule has 0 radical (unpaired) electrons. The first-order chi connectivity index (χ1) is 13.9. The van der Waals surface area contributed by atoms with Crippen molar-refractivity contribution in [2.75, 3.05) is 13.6 Å². The molecule has 0 aliphatic carbocycles. The van der Waals surface area contributed by atoms with Crippen LogP contribution in [-0.2, 0) is 12.8 Å². The highest BCUT2D eigenvalue weighted by Gasteiger charge is 2.11. The average Bonchev–Trinajstić information content (AvgIpc) is 2.73. The van der Waals surface area contributed by atoms with Crippen LogP contribution in [0.2, 0.25) is 0 Å². The maximum atomic E-state index is 3.23. The number of unbranched alkanes of at least 4 members (excludes halogenated alkanes) is 8. The van der Waals surface area contributed by atoms with Gasteiger partial charge in [0.25, 0.3) is 0 Å². The molecule has 0 bridgehead atoms. The van der Waals surface area contributed by atoms with E-state index >= 15 is 0 Å². The van der Waals surface area contributed by atoms with Gasteiger partial charge in [-0.15, -0.1) is 0 Å². The second kappa shape index (κ2) is 15.3. The summed E-state index contributed by atoms with van der Waals surface area (Å²) in [6, 6.07) is 22.1. The first-order valence-electron chi connectivity index (χ1n) is 11.6. The Balaban J connectivity index is 1.62. The van der Waals surface area contributed by atoms with Crippen LogP contribution in [0.15, 0.2) is 60.7 Å². The van der Waals surface area contributed by atoms with Gasteiger partial charge in [-0.1, -0.05) is 112 Å². The Morgan fingerprint density at radius 3 is 1.46 bits per heavy atom. The van der Waals surface area contributed by atoms with Crippen LogP contribution in [0.5, 0.6) is 0 Å². The third-order valence-corrected chi connectivity index (χ3v) is 5.77. The molecule has 2 rings (SSSR count). The van der Waals surface area contributed by atoms with E-state index < -0.39 is 0 Å². The number of hydrogen-bond acceptors (Lipinski definition) is 1. The fourth-order valence-electron chi connectivity index (χ4n) is 4.14. The number of rotatable bonds is 16. The fraction of sp³-hybridized carbons (Fsp3) is 0.556. The van der Waals surface area contributed by atoms with E-state index in [-0.39, 0.29) is 0 Å². The van der Waals surface area contributed by atoms with Crippen LogP contribution in [0.25, 0.3) is 0 Å². The molecule has 0 saturated heterocycles. The quantitative estimate of drug-likeness (QED) is 0.304. The summed E-state index contributed by atoms with van der Waals surface area (Å²) in [5.74, 6) is 0.761. The highest BCUT2D eigenvalue weighted by Crippen LogP contribution is 2.21. The van der Waals surface area contributed by atoms with Gasteiger partial charge in [-0.2, -0.15) is 0 Å².